The first-order chi connectivity index (χ1) is 9.06. The first kappa shape index (κ1) is 13.4. The Bertz CT molecular complexity index is 470. The number of carboxylic acid groups (broad SMARTS) is 1. The Balaban J connectivity index is 1.79. The number of hydrogen-bond acceptors (Lipinski definition) is 5. The Morgan fingerprint density at radius 1 is 1.58 bits per heavy atom. The maximum Gasteiger partial charge on any atom is 0.308 e. The van der Waals surface area contributed by atoms with Crippen LogP contribution >= 0.6 is 0 Å². The Kier molecular flexibility index (Phi) is 4.03. The van der Waals surface area contributed by atoms with Gasteiger partial charge in [-0.25, -0.2) is 0 Å². The molecule has 1 aliphatic rings. The minimum atomic E-state index is -0.865. The summed E-state index contributed by atoms with van der Waals surface area (Å²) in [5.74, 6) is -0.876. The molecule has 1 fully saturated rings. The van der Waals surface area contributed by atoms with Crippen LogP contribution in [0.25, 0.3) is 0 Å². The molecule has 7 nitrogen and oxygen atoms in total. The first-order valence-corrected chi connectivity index (χ1v) is 6.14. The Labute approximate surface area is 109 Å². The third-order valence-electron chi connectivity index (χ3n) is 3.14. The van der Waals surface area contributed by atoms with Gasteiger partial charge in [-0.15, -0.1) is 0 Å². The molecule has 0 saturated heterocycles. The van der Waals surface area contributed by atoms with E-state index in [-0.39, 0.29) is 24.4 Å². The number of rotatable bonds is 5. The fourth-order valence-corrected chi connectivity index (χ4v) is 2.23. The molecule has 0 spiro atoms. The molecule has 2 unspecified atom stereocenters. The number of ether oxygens (including phenoxy) is 1. The van der Waals surface area contributed by atoms with Gasteiger partial charge in [0.1, 0.15) is 5.76 Å². The van der Waals surface area contributed by atoms with Crippen molar-refractivity contribution in [2.75, 3.05) is 6.61 Å². The van der Waals surface area contributed by atoms with Crippen molar-refractivity contribution in [2.24, 2.45) is 5.92 Å². The second-order valence-corrected chi connectivity index (χ2v) is 4.61. The molecular weight excluding hydrogens is 252 g/mol. The summed E-state index contributed by atoms with van der Waals surface area (Å²) in [6.45, 7) is 1.52. The second-order valence-electron chi connectivity index (χ2n) is 4.61. The van der Waals surface area contributed by atoms with Crippen LogP contribution in [-0.2, 0) is 9.59 Å². The van der Waals surface area contributed by atoms with Crippen LogP contribution in [0.4, 0.5) is 0 Å². The Morgan fingerprint density at radius 2 is 2.37 bits per heavy atom. The highest BCUT2D eigenvalue weighted by atomic mass is 16.5. The molecule has 1 aromatic rings. The maximum atomic E-state index is 11.7. The average Bonchev–Trinajstić information content (AvgIpc) is 2.95. The highest BCUT2D eigenvalue weighted by Gasteiger charge is 2.33. The van der Waals surface area contributed by atoms with E-state index >= 15 is 0 Å². The molecule has 2 atom stereocenters. The molecule has 2 rings (SSSR count). The summed E-state index contributed by atoms with van der Waals surface area (Å²) in [5.41, 5.74) is 0. The van der Waals surface area contributed by atoms with Gasteiger partial charge >= 0.3 is 5.97 Å². The van der Waals surface area contributed by atoms with Crippen LogP contribution in [0, 0.1) is 12.8 Å². The monoisotopic (exact) mass is 268 g/mol. The van der Waals surface area contributed by atoms with Gasteiger partial charge in [0, 0.05) is 12.1 Å². The summed E-state index contributed by atoms with van der Waals surface area (Å²) in [4.78, 5) is 22.6. The third kappa shape index (κ3) is 3.46. The van der Waals surface area contributed by atoms with E-state index in [9.17, 15) is 9.59 Å². The fraction of sp³-hybridized carbons (Fsp3) is 0.583. The van der Waals surface area contributed by atoms with Crippen LogP contribution in [0.1, 0.15) is 25.0 Å². The van der Waals surface area contributed by atoms with Gasteiger partial charge in [0.2, 0.25) is 0 Å². The second kappa shape index (κ2) is 5.73. The number of nitrogens with zero attached hydrogens (tertiary/aromatic N) is 1. The lowest BCUT2D eigenvalue weighted by molar-refractivity contribution is -0.142. The van der Waals surface area contributed by atoms with Gasteiger partial charge in [0.25, 0.3) is 11.8 Å². The van der Waals surface area contributed by atoms with Gasteiger partial charge in [-0.1, -0.05) is 6.42 Å². The van der Waals surface area contributed by atoms with Crippen molar-refractivity contribution >= 4 is 11.9 Å². The Morgan fingerprint density at radius 3 is 3.00 bits per heavy atom. The van der Waals surface area contributed by atoms with Crippen LogP contribution in [-0.4, -0.2) is 34.8 Å². The van der Waals surface area contributed by atoms with Crippen molar-refractivity contribution in [2.45, 2.75) is 32.2 Å². The fourth-order valence-electron chi connectivity index (χ4n) is 2.23. The van der Waals surface area contributed by atoms with Gasteiger partial charge in [0.05, 0.1) is 5.92 Å². The highest BCUT2D eigenvalue weighted by Crippen LogP contribution is 2.25. The van der Waals surface area contributed by atoms with Crippen LogP contribution in [0.15, 0.2) is 10.6 Å². The summed E-state index contributed by atoms with van der Waals surface area (Å²) in [7, 11) is 0. The van der Waals surface area contributed by atoms with Crippen LogP contribution in [0.5, 0.6) is 5.88 Å². The van der Waals surface area contributed by atoms with Crippen LogP contribution < -0.4 is 10.1 Å². The Hall–Kier alpha value is -2.05. The largest absolute Gasteiger partial charge is 0.481 e. The molecule has 1 saturated carbocycles. The maximum absolute atomic E-state index is 11.7. The molecule has 19 heavy (non-hydrogen) atoms. The van der Waals surface area contributed by atoms with E-state index in [2.05, 4.69) is 10.5 Å². The summed E-state index contributed by atoms with van der Waals surface area (Å²) in [5, 5.41) is 15.3. The molecule has 0 aliphatic heterocycles. The topological polar surface area (TPSA) is 102 Å². The normalized spacial score (nSPS) is 22.2. The van der Waals surface area contributed by atoms with Crippen molar-refractivity contribution in [1.29, 1.82) is 0 Å². The zero-order valence-electron chi connectivity index (χ0n) is 10.6. The minimum absolute atomic E-state index is 0.200. The van der Waals surface area contributed by atoms with Crippen molar-refractivity contribution in [3.05, 3.63) is 11.8 Å². The summed E-state index contributed by atoms with van der Waals surface area (Å²) in [6, 6.07) is 1.26. The van der Waals surface area contributed by atoms with E-state index in [1.165, 1.54) is 0 Å². The number of aliphatic carboxylic acids is 1. The molecule has 2 N–H and O–H groups in total. The lowest BCUT2D eigenvalue weighted by Crippen LogP contribution is -2.42. The first-order valence-electron chi connectivity index (χ1n) is 6.14. The third-order valence-corrected chi connectivity index (χ3v) is 3.14. The van der Waals surface area contributed by atoms with Crippen molar-refractivity contribution < 1.29 is 24.0 Å². The molecule has 0 aromatic carbocycles. The molecule has 0 radical (unpaired) electrons. The predicted molar refractivity (Wildman–Crippen MR) is 63.6 cm³/mol. The quantitative estimate of drug-likeness (QED) is 0.816. The van der Waals surface area contributed by atoms with Crippen molar-refractivity contribution in [3.8, 4) is 5.88 Å². The lowest BCUT2D eigenvalue weighted by atomic mass is 10.0. The van der Waals surface area contributed by atoms with Gasteiger partial charge in [-0.05, 0) is 24.9 Å². The number of carbonyl (C=O) groups is 2. The number of carbonyl (C=O) groups excluding carboxylic acids is 1. The van der Waals surface area contributed by atoms with Gasteiger partial charge in [-0.3, -0.25) is 9.59 Å². The van der Waals surface area contributed by atoms with Crippen molar-refractivity contribution in [1.82, 2.24) is 10.5 Å². The van der Waals surface area contributed by atoms with Crippen molar-refractivity contribution in [3.63, 3.8) is 0 Å². The zero-order chi connectivity index (χ0) is 13.8. The van der Waals surface area contributed by atoms with Gasteiger partial charge in [-0.2, -0.15) is 0 Å². The number of carboxylic acids is 1. The molecule has 0 bridgehead atoms. The van der Waals surface area contributed by atoms with E-state index < -0.39 is 11.9 Å². The summed E-state index contributed by atoms with van der Waals surface area (Å²) < 4.78 is 9.92. The minimum Gasteiger partial charge on any atom is -0.481 e. The van der Waals surface area contributed by atoms with E-state index in [1.54, 1.807) is 13.0 Å². The number of aryl methyl sites for hydroxylation is 1. The number of nitrogens with one attached hydrogen (secondary N) is 1. The number of hydrogen-bond donors (Lipinski definition) is 2. The summed E-state index contributed by atoms with van der Waals surface area (Å²) in [6.07, 6.45) is 2.10. The van der Waals surface area contributed by atoms with E-state index in [0.29, 0.717) is 18.6 Å². The number of aromatic nitrogens is 1. The molecule has 1 aliphatic carbocycles. The van der Waals surface area contributed by atoms with E-state index in [4.69, 9.17) is 14.4 Å². The molecule has 1 aromatic heterocycles. The molecule has 1 amide bonds. The van der Waals surface area contributed by atoms with E-state index in [0.717, 1.165) is 6.42 Å². The van der Waals surface area contributed by atoms with E-state index in [1.807, 2.05) is 0 Å². The SMILES string of the molecule is Cc1cc(OCC(=O)NC2CCCC2C(=O)O)no1. The molecule has 104 valence electrons. The van der Waals surface area contributed by atoms with Gasteiger partial charge < -0.3 is 19.7 Å². The molecule has 7 heteroatoms. The zero-order valence-corrected chi connectivity index (χ0v) is 10.6. The van der Waals surface area contributed by atoms with Crippen LogP contribution in [0.2, 0.25) is 0 Å². The summed E-state index contributed by atoms with van der Waals surface area (Å²) >= 11 is 0. The smallest absolute Gasteiger partial charge is 0.308 e. The number of amides is 1. The standard InChI is InChI=1S/C12H16N2O5/c1-7-5-11(14-19-7)18-6-10(15)13-9-4-2-3-8(9)12(16)17/h5,8-9H,2-4,6H2,1H3,(H,13,15)(H,16,17). The average molecular weight is 268 g/mol. The molecular formula is C12H16N2O5. The van der Waals surface area contributed by atoms with Gasteiger partial charge in [0.15, 0.2) is 6.61 Å². The molecule has 1 heterocycles. The predicted octanol–water partition coefficient (Wildman–Crippen LogP) is 0.731. The van der Waals surface area contributed by atoms with Crippen LogP contribution in [0.3, 0.4) is 0 Å². The highest BCUT2D eigenvalue weighted by molar-refractivity contribution is 5.79. The lowest BCUT2D eigenvalue weighted by Gasteiger charge is -2.17.